The molecule has 0 fully saturated rings. The van der Waals surface area contributed by atoms with Gasteiger partial charge < -0.3 is 15.2 Å². The highest BCUT2D eigenvalue weighted by Gasteiger charge is 2.35. The fourth-order valence-electron chi connectivity index (χ4n) is 2.80. The van der Waals surface area contributed by atoms with Crippen LogP contribution < -0.4 is 5.73 Å². The predicted molar refractivity (Wildman–Crippen MR) is 119 cm³/mol. The van der Waals surface area contributed by atoms with Crippen LogP contribution in [0.15, 0.2) is 0 Å². The molecule has 0 aliphatic carbocycles. The van der Waals surface area contributed by atoms with Crippen LogP contribution >= 0.6 is 11.8 Å². The van der Waals surface area contributed by atoms with Gasteiger partial charge in [-0.1, -0.05) is 20.8 Å². The predicted octanol–water partition coefficient (Wildman–Crippen LogP) is 4.27. The van der Waals surface area contributed by atoms with Crippen molar-refractivity contribution in [3.8, 4) is 0 Å². The zero-order valence-corrected chi connectivity index (χ0v) is 20.5. The molecule has 0 saturated heterocycles. The van der Waals surface area contributed by atoms with E-state index in [1.54, 1.807) is 32.5 Å². The Labute approximate surface area is 181 Å². The Morgan fingerprint density at radius 1 is 0.966 bits per heavy atom. The molecule has 0 aromatic carbocycles. The van der Waals surface area contributed by atoms with Gasteiger partial charge in [0.05, 0.1) is 5.25 Å². The van der Waals surface area contributed by atoms with E-state index in [0.29, 0.717) is 12.8 Å². The first-order chi connectivity index (χ1) is 13.0. The van der Waals surface area contributed by atoms with Crippen molar-refractivity contribution in [2.45, 2.75) is 110 Å². The highest BCUT2D eigenvalue weighted by atomic mass is 32.2. The van der Waals surface area contributed by atoms with Crippen LogP contribution in [0.3, 0.4) is 0 Å². The van der Waals surface area contributed by atoms with Crippen LogP contribution in [0.4, 0.5) is 0 Å². The van der Waals surface area contributed by atoms with E-state index in [9.17, 15) is 14.4 Å². The topological polar surface area (TPSA) is 95.7 Å². The summed E-state index contributed by atoms with van der Waals surface area (Å²) in [5.41, 5.74) is 4.09. The molecule has 2 atom stereocenters. The minimum atomic E-state index is -0.891. The third-order valence-electron chi connectivity index (χ3n) is 4.56. The number of hydrogen-bond acceptors (Lipinski definition) is 7. The Morgan fingerprint density at radius 2 is 1.52 bits per heavy atom. The summed E-state index contributed by atoms with van der Waals surface area (Å²) >= 11 is 1.64. The number of ketones is 1. The number of nitrogens with two attached hydrogens (primary N) is 1. The molecule has 0 aromatic heterocycles. The van der Waals surface area contributed by atoms with Crippen LogP contribution in [0.5, 0.6) is 0 Å². The average Bonchev–Trinajstić information content (AvgIpc) is 2.55. The smallest absolute Gasteiger partial charge is 0.323 e. The van der Waals surface area contributed by atoms with Gasteiger partial charge in [0.25, 0.3) is 0 Å². The lowest BCUT2D eigenvalue weighted by Crippen LogP contribution is -2.40. The molecular formula is C22H41NO5S. The normalized spacial score (nSPS) is 14.8. The van der Waals surface area contributed by atoms with Crippen molar-refractivity contribution in [3.05, 3.63) is 0 Å². The molecule has 0 aliphatic rings. The van der Waals surface area contributed by atoms with Gasteiger partial charge in [-0.2, -0.15) is 11.8 Å². The summed E-state index contributed by atoms with van der Waals surface area (Å²) < 4.78 is 10.8. The summed E-state index contributed by atoms with van der Waals surface area (Å²) in [5.74, 6) is 0.172. The maximum absolute atomic E-state index is 12.7. The number of rotatable bonds is 12. The molecule has 0 radical (unpaired) electrons. The lowest BCUT2D eigenvalue weighted by atomic mass is 9.79. The van der Waals surface area contributed by atoms with Crippen molar-refractivity contribution in [1.29, 1.82) is 0 Å². The molecule has 0 aromatic rings. The van der Waals surface area contributed by atoms with Gasteiger partial charge in [0.1, 0.15) is 17.2 Å². The molecular weight excluding hydrogens is 390 g/mol. The van der Waals surface area contributed by atoms with Crippen molar-refractivity contribution in [3.63, 3.8) is 0 Å². The number of ether oxygens (including phenoxy) is 2. The van der Waals surface area contributed by atoms with Crippen LogP contribution in [-0.2, 0) is 23.9 Å². The van der Waals surface area contributed by atoms with E-state index < -0.39 is 28.6 Å². The summed E-state index contributed by atoms with van der Waals surface area (Å²) in [7, 11) is 0. The quantitative estimate of drug-likeness (QED) is 0.461. The SMILES string of the molecule is CCSC(C)C(=O)C(C)(C)CCC(C)(C)OC(=O)C(N)CCC(=O)OC(C)(C)C. The average molecular weight is 432 g/mol. The highest BCUT2D eigenvalue weighted by molar-refractivity contribution is 8.00. The number of Topliss-reactive ketones (excluding diaryl/α,β-unsaturated/α-hetero) is 1. The lowest BCUT2D eigenvalue weighted by molar-refractivity contribution is -0.160. The molecule has 0 rings (SSSR count). The Balaban J connectivity index is 4.62. The monoisotopic (exact) mass is 431 g/mol. The summed E-state index contributed by atoms with van der Waals surface area (Å²) in [6.07, 6.45) is 1.37. The zero-order valence-electron chi connectivity index (χ0n) is 19.7. The van der Waals surface area contributed by atoms with Gasteiger partial charge in [-0.15, -0.1) is 0 Å². The summed E-state index contributed by atoms with van der Waals surface area (Å²) in [6, 6.07) is -0.891. The first-order valence-corrected chi connectivity index (χ1v) is 11.4. The fourth-order valence-corrected chi connectivity index (χ4v) is 3.77. The van der Waals surface area contributed by atoms with Gasteiger partial charge >= 0.3 is 11.9 Å². The highest BCUT2D eigenvalue weighted by Crippen LogP contribution is 2.32. The summed E-state index contributed by atoms with van der Waals surface area (Å²) in [6.45, 7) is 16.8. The first kappa shape index (κ1) is 27.9. The van der Waals surface area contributed by atoms with Gasteiger partial charge in [-0.25, -0.2) is 0 Å². The van der Waals surface area contributed by atoms with E-state index in [1.165, 1.54) is 0 Å². The molecule has 0 spiro atoms. The molecule has 0 saturated carbocycles. The minimum absolute atomic E-state index is 0.0538. The molecule has 29 heavy (non-hydrogen) atoms. The zero-order chi connectivity index (χ0) is 23.0. The van der Waals surface area contributed by atoms with E-state index in [4.69, 9.17) is 15.2 Å². The van der Waals surface area contributed by atoms with Crippen molar-refractivity contribution in [2.24, 2.45) is 11.1 Å². The number of thioether (sulfide) groups is 1. The summed E-state index contributed by atoms with van der Waals surface area (Å²) in [5, 5.41) is -0.0538. The van der Waals surface area contributed by atoms with Gasteiger partial charge in [0, 0.05) is 11.8 Å². The Bertz CT molecular complexity index is 566. The number of esters is 2. The molecule has 7 heteroatoms. The van der Waals surface area contributed by atoms with Crippen LogP contribution in [-0.4, -0.2) is 46.0 Å². The van der Waals surface area contributed by atoms with E-state index in [2.05, 4.69) is 0 Å². The lowest BCUT2D eigenvalue weighted by Gasteiger charge is -2.32. The molecule has 0 heterocycles. The standard InChI is InChI=1S/C22H41NO5S/c1-10-29-15(2)18(25)21(6,7)13-14-22(8,9)28-19(26)16(23)11-12-17(24)27-20(3,4)5/h15-16H,10-14,23H2,1-9H3. The van der Waals surface area contributed by atoms with E-state index in [1.807, 2.05) is 41.5 Å². The molecule has 0 aliphatic heterocycles. The third-order valence-corrected chi connectivity index (χ3v) is 5.61. The Morgan fingerprint density at radius 3 is 2.00 bits per heavy atom. The van der Waals surface area contributed by atoms with Gasteiger partial charge in [-0.05, 0) is 66.6 Å². The van der Waals surface area contributed by atoms with Crippen molar-refractivity contribution in [2.75, 3.05) is 5.75 Å². The first-order valence-electron chi connectivity index (χ1n) is 10.4. The van der Waals surface area contributed by atoms with Crippen molar-refractivity contribution < 1.29 is 23.9 Å². The van der Waals surface area contributed by atoms with E-state index in [0.717, 1.165) is 5.75 Å². The maximum atomic E-state index is 12.7. The van der Waals surface area contributed by atoms with Crippen LogP contribution in [0, 0.1) is 5.41 Å². The van der Waals surface area contributed by atoms with Crippen LogP contribution in [0.1, 0.15) is 88.0 Å². The largest absolute Gasteiger partial charge is 0.460 e. The van der Waals surface area contributed by atoms with Gasteiger partial charge in [0.2, 0.25) is 0 Å². The fraction of sp³-hybridized carbons (Fsp3) is 0.864. The summed E-state index contributed by atoms with van der Waals surface area (Å²) in [4.78, 5) is 36.8. The van der Waals surface area contributed by atoms with E-state index >= 15 is 0 Å². The molecule has 2 N–H and O–H groups in total. The van der Waals surface area contributed by atoms with Gasteiger partial charge in [0.15, 0.2) is 5.78 Å². The van der Waals surface area contributed by atoms with Crippen LogP contribution in [0.25, 0.3) is 0 Å². The third kappa shape index (κ3) is 11.6. The number of hydrogen-bond donors (Lipinski definition) is 1. The molecule has 2 unspecified atom stereocenters. The van der Waals surface area contributed by atoms with Gasteiger partial charge in [-0.3, -0.25) is 14.4 Å². The van der Waals surface area contributed by atoms with Crippen molar-refractivity contribution >= 4 is 29.5 Å². The molecule has 0 bridgehead atoms. The number of carbonyl (C=O) groups is 3. The van der Waals surface area contributed by atoms with Crippen LogP contribution in [0.2, 0.25) is 0 Å². The Hall–Kier alpha value is -1.08. The maximum Gasteiger partial charge on any atom is 0.323 e. The molecule has 170 valence electrons. The second-order valence-electron chi connectivity index (χ2n) is 9.76. The molecule has 6 nitrogen and oxygen atoms in total. The molecule has 0 amide bonds. The van der Waals surface area contributed by atoms with E-state index in [-0.39, 0.29) is 29.8 Å². The van der Waals surface area contributed by atoms with Crippen molar-refractivity contribution in [1.82, 2.24) is 0 Å². The second-order valence-corrected chi connectivity index (χ2v) is 11.4. The minimum Gasteiger partial charge on any atom is -0.460 e. The second kappa shape index (κ2) is 11.3. The Kier molecular flexibility index (Phi) is 10.9. The number of carbonyl (C=O) groups excluding carboxylic acids is 3.